The van der Waals surface area contributed by atoms with E-state index in [2.05, 4.69) is 15.6 Å². The third-order valence-electron chi connectivity index (χ3n) is 3.15. The highest BCUT2D eigenvalue weighted by Crippen LogP contribution is 2.10. The van der Waals surface area contributed by atoms with Gasteiger partial charge in [0.1, 0.15) is 11.9 Å². The van der Waals surface area contributed by atoms with Crippen molar-refractivity contribution < 1.29 is 9.47 Å². The molecule has 1 aromatic rings. The first-order valence-corrected chi connectivity index (χ1v) is 7.76. The molecule has 0 aromatic heterocycles. The van der Waals surface area contributed by atoms with E-state index in [4.69, 9.17) is 9.47 Å². The van der Waals surface area contributed by atoms with E-state index in [0.29, 0.717) is 13.1 Å². The summed E-state index contributed by atoms with van der Waals surface area (Å²) < 4.78 is 11.2. The number of hydrogen-bond donors (Lipinski definition) is 2. The number of guanidine groups is 1. The van der Waals surface area contributed by atoms with Crippen LogP contribution in [0, 0.1) is 0 Å². The second-order valence-corrected chi connectivity index (χ2v) is 5.78. The van der Waals surface area contributed by atoms with Crippen LogP contribution in [0.5, 0.6) is 5.75 Å². The van der Waals surface area contributed by atoms with E-state index in [1.54, 1.807) is 7.11 Å². The summed E-state index contributed by atoms with van der Waals surface area (Å²) in [5.74, 6) is 1.65. The van der Waals surface area contributed by atoms with Crippen molar-refractivity contribution in [2.75, 3.05) is 26.7 Å². The van der Waals surface area contributed by atoms with Crippen molar-refractivity contribution >= 4 is 29.9 Å². The monoisotopic (exact) mass is 435 g/mol. The molecule has 2 N–H and O–H groups in total. The van der Waals surface area contributed by atoms with E-state index in [1.165, 1.54) is 0 Å². The van der Waals surface area contributed by atoms with E-state index in [9.17, 15) is 0 Å². The highest BCUT2D eigenvalue weighted by Gasteiger charge is 2.16. The molecule has 0 bridgehead atoms. The molecule has 23 heavy (non-hydrogen) atoms. The van der Waals surface area contributed by atoms with Gasteiger partial charge in [-0.2, -0.15) is 0 Å². The molecule has 1 rings (SSSR count). The summed E-state index contributed by atoms with van der Waals surface area (Å²) in [5, 5.41) is 6.52. The molecule has 0 heterocycles. The van der Waals surface area contributed by atoms with E-state index < -0.39 is 0 Å². The van der Waals surface area contributed by atoms with Crippen molar-refractivity contribution in [1.82, 2.24) is 10.6 Å². The molecular weight excluding hydrogens is 405 g/mol. The summed E-state index contributed by atoms with van der Waals surface area (Å²) in [6, 6.07) is 9.82. The van der Waals surface area contributed by atoms with Crippen LogP contribution < -0.4 is 15.4 Å². The lowest BCUT2D eigenvalue weighted by Gasteiger charge is -2.22. The van der Waals surface area contributed by atoms with E-state index >= 15 is 0 Å². The zero-order chi connectivity index (χ0) is 16.4. The van der Waals surface area contributed by atoms with Gasteiger partial charge in [0.15, 0.2) is 5.96 Å². The van der Waals surface area contributed by atoms with E-state index in [-0.39, 0.29) is 35.7 Å². The average Bonchev–Trinajstić information content (AvgIpc) is 2.51. The van der Waals surface area contributed by atoms with Gasteiger partial charge in [-0.25, -0.2) is 0 Å². The van der Waals surface area contributed by atoms with Crippen molar-refractivity contribution in [3.63, 3.8) is 0 Å². The molecule has 1 unspecified atom stereocenters. The summed E-state index contributed by atoms with van der Waals surface area (Å²) >= 11 is 0. The van der Waals surface area contributed by atoms with Gasteiger partial charge in [-0.05, 0) is 39.8 Å². The van der Waals surface area contributed by atoms with Gasteiger partial charge in [0.05, 0.1) is 18.7 Å². The molecule has 1 aromatic carbocycles. The molecule has 0 spiro atoms. The zero-order valence-corrected chi connectivity index (χ0v) is 17.1. The van der Waals surface area contributed by atoms with Crippen LogP contribution in [0.1, 0.15) is 27.7 Å². The zero-order valence-electron chi connectivity index (χ0n) is 14.8. The normalized spacial score (nSPS) is 13.0. The van der Waals surface area contributed by atoms with Crippen LogP contribution >= 0.6 is 24.0 Å². The Kier molecular flexibility index (Phi) is 11.0. The molecule has 0 aliphatic carbocycles. The van der Waals surface area contributed by atoms with Gasteiger partial charge in [-0.15, -0.1) is 24.0 Å². The number of rotatable bonds is 8. The smallest absolute Gasteiger partial charge is 0.191 e. The maximum atomic E-state index is 5.84. The van der Waals surface area contributed by atoms with Gasteiger partial charge in [0.25, 0.3) is 0 Å². The standard InChI is InChI=1S/C17H29N3O2.HI/c1-6-18-16(20-13-17(3,4)21-5)19-12-14(2)22-15-10-8-7-9-11-15;/h7-11,14H,6,12-13H2,1-5H3,(H2,18,19,20);1H. The Hall–Kier alpha value is -1.02. The Bertz CT molecular complexity index is 452. The maximum Gasteiger partial charge on any atom is 0.191 e. The van der Waals surface area contributed by atoms with Crippen molar-refractivity contribution in [2.45, 2.75) is 39.4 Å². The van der Waals surface area contributed by atoms with Gasteiger partial charge in [-0.3, -0.25) is 4.99 Å². The van der Waals surface area contributed by atoms with Crippen molar-refractivity contribution in [3.05, 3.63) is 30.3 Å². The first kappa shape index (κ1) is 22.0. The van der Waals surface area contributed by atoms with E-state index in [0.717, 1.165) is 18.3 Å². The third-order valence-corrected chi connectivity index (χ3v) is 3.15. The topological polar surface area (TPSA) is 54.9 Å². The average molecular weight is 435 g/mol. The summed E-state index contributed by atoms with van der Waals surface area (Å²) in [7, 11) is 1.70. The van der Waals surface area contributed by atoms with Crippen LogP contribution in [0.3, 0.4) is 0 Å². The number of halogens is 1. The Morgan fingerprint density at radius 2 is 1.87 bits per heavy atom. The molecule has 0 fully saturated rings. The largest absolute Gasteiger partial charge is 0.489 e. The van der Waals surface area contributed by atoms with Crippen LogP contribution in [-0.2, 0) is 4.74 Å². The first-order chi connectivity index (χ1) is 10.5. The molecule has 132 valence electrons. The molecule has 5 nitrogen and oxygen atoms in total. The Labute approximate surface area is 157 Å². The second kappa shape index (κ2) is 11.5. The summed E-state index contributed by atoms with van der Waals surface area (Å²) in [6.07, 6.45) is 0.0432. The van der Waals surface area contributed by atoms with Gasteiger partial charge < -0.3 is 20.1 Å². The summed E-state index contributed by atoms with van der Waals surface area (Å²) in [5.41, 5.74) is -0.269. The van der Waals surface area contributed by atoms with Crippen LogP contribution in [-0.4, -0.2) is 44.4 Å². The minimum Gasteiger partial charge on any atom is -0.489 e. The number of nitrogens with one attached hydrogen (secondary N) is 2. The fraction of sp³-hybridized carbons (Fsp3) is 0.588. The molecular formula is C17H30IN3O2. The van der Waals surface area contributed by atoms with Gasteiger partial charge in [0, 0.05) is 13.7 Å². The van der Waals surface area contributed by atoms with Crippen molar-refractivity contribution in [1.29, 1.82) is 0 Å². The lowest BCUT2D eigenvalue weighted by atomic mass is 10.1. The van der Waals surface area contributed by atoms with Crippen molar-refractivity contribution in [3.8, 4) is 5.75 Å². The molecule has 0 aliphatic rings. The molecule has 0 aliphatic heterocycles. The van der Waals surface area contributed by atoms with Crippen LogP contribution in [0.4, 0.5) is 0 Å². The highest BCUT2D eigenvalue weighted by atomic mass is 127. The molecule has 1 atom stereocenters. The summed E-state index contributed by atoms with van der Waals surface area (Å²) in [6.45, 7) is 10.2. The predicted molar refractivity (Wildman–Crippen MR) is 107 cm³/mol. The summed E-state index contributed by atoms with van der Waals surface area (Å²) in [4.78, 5) is 4.55. The van der Waals surface area contributed by atoms with Gasteiger partial charge >= 0.3 is 0 Å². The maximum absolute atomic E-state index is 5.84. The van der Waals surface area contributed by atoms with Crippen LogP contribution in [0.2, 0.25) is 0 Å². The molecule has 0 radical (unpaired) electrons. The molecule has 0 saturated carbocycles. The fourth-order valence-electron chi connectivity index (χ4n) is 1.69. The quantitative estimate of drug-likeness (QED) is 0.375. The predicted octanol–water partition coefficient (Wildman–Crippen LogP) is 3.05. The van der Waals surface area contributed by atoms with Crippen molar-refractivity contribution in [2.24, 2.45) is 4.99 Å². The van der Waals surface area contributed by atoms with Crippen LogP contribution in [0.15, 0.2) is 35.3 Å². The second-order valence-electron chi connectivity index (χ2n) is 5.78. The minimum absolute atomic E-state index is 0. The number of para-hydroxylation sites is 1. The number of benzene rings is 1. The van der Waals surface area contributed by atoms with Gasteiger partial charge in [0.2, 0.25) is 0 Å². The Morgan fingerprint density at radius 3 is 2.43 bits per heavy atom. The first-order valence-electron chi connectivity index (χ1n) is 7.76. The van der Waals surface area contributed by atoms with Gasteiger partial charge in [-0.1, -0.05) is 18.2 Å². The number of aliphatic imine (C=N–C) groups is 1. The lowest BCUT2D eigenvalue weighted by molar-refractivity contribution is 0.0310. The lowest BCUT2D eigenvalue weighted by Crippen LogP contribution is -2.42. The number of nitrogens with zero attached hydrogens (tertiary/aromatic N) is 1. The third kappa shape index (κ3) is 9.65. The van der Waals surface area contributed by atoms with E-state index in [1.807, 2.05) is 58.0 Å². The fourth-order valence-corrected chi connectivity index (χ4v) is 1.69. The number of hydrogen-bond acceptors (Lipinski definition) is 3. The Morgan fingerprint density at radius 1 is 1.22 bits per heavy atom. The SMILES string of the molecule is CCNC(=NCC(C)(C)OC)NCC(C)Oc1ccccc1.I. The molecule has 0 saturated heterocycles. The Balaban J connectivity index is 0.00000484. The minimum atomic E-state index is -0.269. The number of methoxy groups -OCH3 is 1. The highest BCUT2D eigenvalue weighted by molar-refractivity contribution is 14.0. The number of ether oxygens (including phenoxy) is 2. The molecule has 6 heteroatoms. The molecule has 0 amide bonds. The van der Waals surface area contributed by atoms with Crippen LogP contribution in [0.25, 0.3) is 0 Å².